The third-order valence-electron chi connectivity index (χ3n) is 3.07. The number of halogens is 2. The molecule has 0 spiro atoms. The Bertz CT molecular complexity index is 474. The molecule has 5 heteroatoms. The van der Waals surface area contributed by atoms with Crippen LogP contribution in [-0.2, 0) is 9.53 Å². The van der Waals surface area contributed by atoms with Gasteiger partial charge in [0.15, 0.2) is 5.82 Å². The van der Waals surface area contributed by atoms with Gasteiger partial charge in [-0.15, -0.1) is 0 Å². The maximum atomic E-state index is 13.2. The second-order valence-corrected chi connectivity index (χ2v) is 4.91. The molecule has 1 atom stereocenters. The number of rotatable bonds is 4. The molecule has 1 fully saturated rings. The van der Waals surface area contributed by atoms with Crippen LogP contribution in [0.15, 0.2) is 6.20 Å². The van der Waals surface area contributed by atoms with E-state index in [1.165, 1.54) is 0 Å². The molecule has 1 aromatic heterocycles. The molecule has 1 unspecified atom stereocenters. The minimum Gasteiger partial charge on any atom is -0.462 e. The molecule has 0 aromatic carbocycles. The summed E-state index contributed by atoms with van der Waals surface area (Å²) < 4.78 is 18.5. The molecule has 18 heavy (non-hydrogen) atoms. The fourth-order valence-corrected chi connectivity index (χ4v) is 1.97. The van der Waals surface area contributed by atoms with E-state index >= 15 is 0 Å². The van der Waals surface area contributed by atoms with E-state index in [2.05, 4.69) is 4.98 Å². The van der Waals surface area contributed by atoms with Gasteiger partial charge in [-0.2, -0.15) is 0 Å². The molecule has 1 aliphatic rings. The van der Waals surface area contributed by atoms with Gasteiger partial charge >= 0.3 is 5.97 Å². The number of pyridine rings is 1. The lowest BCUT2D eigenvalue weighted by Gasteiger charge is -2.16. The molecule has 0 N–H and O–H groups in total. The van der Waals surface area contributed by atoms with Crippen molar-refractivity contribution >= 4 is 17.6 Å². The van der Waals surface area contributed by atoms with Gasteiger partial charge in [0.05, 0.1) is 22.8 Å². The van der Waals surface area contributed by atoms with Gasteiger partial charge < -0.3 is 4.74 Å². The van der Waals surface area contributed by atoms with Crippen molar-refractivity contribution in [3.63, 3.8) is 0 Å². The molecular formula is C13H15ClFNO2. The topological polar surface area (TPSA) is 39.2 Å². The maximum Gasteiger partial charge on any atom is 0.315 e. The summed E-state index contributed by atoms with van der Waals surface area (Å²) in [7, 11) is 0. The minimum atomic E-state index is -0.566. The number of aromatic nitrogens is 1. The molecule has 1 saturated carbocycles. The first kappa shape index (κ1) is 13.3. The van der Waals surface area contributed by atoms with E-state index in [0.717, 1.165) is 19.0 Å². The third kappa shape index (κ3) is 2.64. The molecule has 0 saturated heterocycles. The first-order valence-corrected chi connectivity index (χ1v) is 6.43. The standard InChI is InChI=1S/C13H15ClFNO2/c1-3-9(13(17)18-8-4-5-8)12-7(2)11(14)10(15)6-16-12/h6,8-9H,3-5H2,1-2H3. The van der Waals surface area contributed by atoms with Crippen LogP contribution >= 0.6 is 11.6 Å². The second kappa shape index (κ2) is 5.22. The zero-order valence-electron chi connectivity index (χ0n) is 10.4. The van der Waals surface area contributed by atoms with Crippen LogP contribution in [0, 0.1) is 12.7 Å². The van der Waals surface area contributed by atoms with Crippen LogP contribution in [0.3, 0.4) is 0 Å². The first-order valence-electron chi connectivity index (χ1n) is 6.05. The molecule has 1 aromatic rings. The summed E-state index contributed by atoms with van der Waals surface area (Å²) in [5, 5.41) is 0.0256. The lowest BCUT2D eigenvalue weighted by atomic mass is 9.98. The Labute approximate surface area is 110 Å². The molecule has 0 radical (unpaired) electrons. The summed E-state index contributed by atoms with van der Waals surface area (Å²) in [4.78, 5) is 16.0. The van der Waals surface area contributed by atoms with Gasteiger partial charge in [0.25, 0.3) is 0 Å². The quantitative estimate of drug-likeness (QED) is 0.788. The van der Waals surface area contributed by atoms with E-state index in [-0.39, 0.29) is 17.1 Å². The predicted octanol–water partition coefficient (Wildman–Crippen LogP) is 3.38. The van der Waals surface area contributed by atoms with Gasteiger partial charge in [-0.05, 0) is 31.7 Å². The number of nitrogens with zero attached hydrogens (tertiary/aromatic N) is 1. The highest BCUT2D eigenvalue weighted by Crippen LogP contribution is 2.31. The monoisotopic (exact) mass is 271 g/mol. The molecule has 0 aliphatic heterocycles. The molecule has 98 valence electrons. The van der Waals surface area contributed by atoms with E-state index in [1.54, 1.807) is 6.92 Å². The van der Waals surface area contributed by atoms with Crippen molar-refractivity contribution in [2.45, 2.75) is 45.1 Å². The second-order valence-electron chi connectivity index (χ2n) is 4.53. The number of carbonyl (C=O) groups excluding carboxylic acids is 1. The Morgan fingerprint density at radius 2 is 2.33 bits per heavy atom. The highest BCUT2D eigenvalue weighted by Gasteiger charge is 2.31. The van der Waals surface area contributed by atoms with Gasteiger partial charge in [-0.1, -0.05) is 18.5 Å². The number of ether oxygens (including phenoxy) is 1. The molecule has 0 bridgehead atoms. The van der Waals surface area contributed by atoms with Crippen LogP contribution in [0.25, 0.3) is 0 Å². The molecule has 2 rings (SSSR count). The highest BCUT2D eigenvalue weighted by molar-refractivity contribution is 6.31. The predicted molar refractivity (Wildman–Crippen MR) is 66.1 cm³/mol. The van der Waals surface area contributed by atoms with Crippen LogP contribution in [0.5, 0.6) is 0 Å². The number of hydrogen-bond acceptors (Lipinski definition) is 3. The first-order chi connectivity index (χ1) is 8.54. The van der Waals surface area contributed by atoms with Crippen molar-refractivity contribution < 1.29 is 13.9 Å². The summed E-state index contributed by atoms with van der Waals surface area (Å²) in [6.07, 6.45) is 3.53. The normalized spacial score (nSPS) is 16.4. The zero-order chi connectivity index (χ0) is 13.3. The van der Waals surface area contributed by atoms with E-state index in [1.807, 2.05) is 6.92 Å². The van der Waals surface area contributed by atoms with E-state index < -0.39 is 11.7 Å². The SMILES string of the molecule is CCC(C(=O)OC1CC1)c1ncc(F)c(Cl)c1C. The van der Waals surface area contributed by atoms with Crippen LogP contribution < -0.4 is 0 Å². The number of esters is 1. The van der Waals surface area contributed by atoms with Gasteiger partial charge in [0, 0.05) is 0 Å². The van der Waals surface area contributed by atoms with Gasteiger partial charge in [0.2, 0.25) is 0 Å². The van der Waals surface area contributed by atoms with Crippen molar-refractivity contribution in [3.8, 4) is 0 Å². The van der Waals surface area contributed by atoms with Crippen LogP contribution in [0.2, 0.25) is 5.02 Å². The van der Waals surface area contributed by atoms with Gasteiger partial charge in [-0.3, -0.25) is 9.78 Å². The number of hydrogen-bond donors (Lipinski definition) is 0. The summed E-state index contributed by atoms with van der Waals surface area (Å²) in [6, 6.07) is 0. The Morgan fingerprint density at radius 3 is 2.89 bits per heavy atom. The lowest BCUT2D eigenvalue weighted by Crippen LogP contribution is -2.19. The summed E-state index contributed by atoms with van der Waals surface area (Å²) >= 11 is 5.84. The average molecular weight is 272 g/mol. The lowest BCUT2D eigenvalue weighted by molar-refractivity contribution is -0.146. The van der Waals surface area contributed by atoms with Crippen LogP contribution in [0.1, 0.15) is 43.4 Å². The largest absolute Gasteiger partial charge is 0.462 e. The van der Waals surface area contributed by atoms with Crippen LogP contribution in [0.4, 0.5) is 4.39 Å². The Hall–Kier alpha value is -1.16. The van der Waals surface area contributed by atoms with Crippen molar-refractivity contribution in [2.24, 2.45) is 0 Å². The Kier molecular flexibility index (Phi) is 3.85. The van der Waals surface area contributed by atoms with E-state index in [9.17, 15) is 9.18 Å². The fraction of sp³-hybridized carbons (Fsp3) is 0.538. The summed E-state index contributed by atoms with van der Waals surface area (Å²) in [6.45, 7) is 3.54. The highest BCUT2D eigenvalue weighted by atomic mass is 35.5. The Morgan fingerprint density at radius 1 is 1.67 bits per heavy atom. The summed E-state index contributed by atoms with van der Waals surface area (Å²) in [5.74, 6) is -1.33. The van der Waals surface area contributed by atoms with Crippen molar-refractivity contribution in [2.75, 3.05) is 0 Å². The smallest absolute Gasteiger partial charge is 0.315 e. The van der Waals surface area contributed by atoms with Gasteiger partial charge in [-0.25, -0.2) is 4.39 Å². The zero-order valence-corrected chi connectivity index (χ0v) is 11.1. The fourth-order valence-electron chi connectivity index (χ4n) is 1.83. The molecule has 0 amide bonds. The Balaban J connectivity index is 2.26. The maximum absolute atomic E-state index is 13.2. The number of carbonyl (C=O) groups is 1. The van der Waals surface area contributed by atoms with E-state index in [4.69, 9.17) is 16.3 Å². The summed E-state index contributed by atoms with van der Waals surface area (Å²) in [5.41, 5.74) is 1.02. The van der Waals surface area contributed by atoms with Crippen molar-refractivity contribution in [1.82, 2.24) is 4.98 Å². The average Bonchev–Trinajstić information content (AvgIpc) is 3.14. The molecule has 1 aliphatic carbocycles. The van der Waals surface area contributed by atoms with Crippen LogP contribution in [-0.4, -0.2) is 17.1 Å². The third-order valence-corrected chi connectivity index (χ3v) is 3.53. The molecule has 1 heterocycles. The van der Waals surface area contributed by atoms with Crippen molar-refractivity contribution in [1.29, 1.82) is 0 Å². The van der Waals surface area contributed by atoms with Gasteiger partial charge in [0.1, 0.15) is 6.10 Å². The molecular weight excluding hydrogens is 257 g/mol. The van der Waals surface area contributed by atoms with Crippen molar-refractivity contribution in [3.05, 3.63) is 28.3 Å². The minimum absolute atomic E-state index is 0.0256. The van der Waals surface area contributed by atoms with E-state index in [0.29, 0.717) is 17.7 Å². The molecule has 3 nitrogen and oxygen atoms in total.